The standard InChI is InChI=1S/C8H8.C7H12O2.C6H8O4/c1-2-8-6-4-3-5-7-8;1-3-5-6-9-7(8)4-2;1-2-4(6(9)10)3-5(7)8/h2-7H,1H2;4H,2-3,5-6H2,1H3;3H,2H2,1H3,(H,7,8)(H,9,10). The van der Waals surface area contributed by atoms with Crippen molar-refractivity contribution in [2.45, 2.75) is 33.1 Å². The van der Waals surface area contributed by atoms with Crippen molar-refractivity contribution >= 4 is 24.0 Å². The highest BCUT2D eigenvalue weighted by Crippen LogP contribution is 1.99. The van der Waals surface area contributed by atoms with Crippen LogP contribution in [-0.2, 0) is 19.1 Å². The lowest BCUT2D eigenvalue weighted by atomic mass is 10.2. The molecule has 0 aliphatic carbocycles. The number of carboxylic acid groups (broad SMARTS) is 2. The van der Waals surface area contributed by atoms with Crippen molar-refractivity contribution in [3.05, 3.63) is 66.8 Å². The maximum absolute atomic E-state index is 10.3. The second-order valence-corrected chi connectivity index (χ2v) is 5.01. The van der Waals surface area contributed by atoms with E-state index in [0.717, 1.165) is 12.8 Å². The van der Waals surface area contributed by atoms with Crippen LogP contribution in [0.25, 0.3) is 6.08 Å². The van der Waals surface area contributed by atoms with E-state index in [0.29, 0.717) is 12.7 Å². The van der Waals surface area contributed by atoms with Crippen LogP contribution >= 0.6 is 0 Å². The molecule has 0 spiro atoms. The van der Waals surface area contributed by atoms with E-state index in [9.17, 15) is 14.4 Å². The van der Waals surface area contributed by atoms with E-state index in [4.69, 9.17) is 10.2 Å². The molecule has 0 aliphatic heterocycles. The Morgan fingerprint density at radius 3 is 1.96 bits per heavy atom. The minimum Gasteiger partial charge on any atom is -0.478 e. The van der Waals surface area contributed by atoms with E-state index in [1.807, 2.05) is 43.3 Å². The topological polar surface area (TPSA) is 101 Å². The highest BCUT2D eigenvalue weighted by Gasteiger charge is 2.05. The number of carbonyl (C=O) groups is 3. The van der Waals surface area contributed by atoms with Gasteiger partial charge in [0.15, 0.2) is 0 Å². The first-order valence-corrected chi connectivity index (χ1v) is 8.45. The van der Waals surface area contributed by atoms with Gasteiger partial charge < -0.3 is 14.9 Å². The molecule has 0 radical (unpaired) electrons. The number of carboxylic acids is 2. The number of esters is 1. The average Bonchev–Trinajstić information content (AvgIpc) is 2.67. The van der Waals surface area contributed by atoms with Crippen LogP contribution in [-0.4, -0.2) is 34.7 Å². The lowest BCUT2D eigenvalue weighted by Crippen LogP contribution is -2.02. The minimum absolute atomic E-state index is 0.0903. The van der Waals surface area contributed by atoms with Gasteiger partial charge in [-0.2, -0.15) is 0 Å². The SMILES string of the molecule is C=CC(=O)OCCCC.C=Cc1ccccc1.CCC(=CC(=O)O)C(=O)O. The summed E-state index contributed by atoms with van der Waals surface area (Å²) in [4.78, 5) is 30.4. The van der Waals surface area contributed by atoms with Gasteiger partial charge in [-0.25, -0.2) is 14.4 Å². The summed E-state index contributed by atoms with van der Waals surface area (Å²) >= 11 is 0. The molecule has 0 unspecified atom stereocenters. The molecule has 1 aromatic rings. The Bertz CT molecular complexity index is 617. The Kier molecular flexibility index (Phi) is 17.1. The third-order valence-corrected chi connectivity index (χ3v) is 2.90. The van der Waals surface area contributed by atoms with E-state index in [1.54, 1.807) is 6.92 Å². The lowest BCUT2D eigenvalue weighted by molar-refractivity contribution is -0.138. The van der Waals surface area contributed by atoms with E-state index < -0.39 is 11.9 Å². The quantitative estimate of drug-likeness (QED) is 0.398. The second-order valence-electron chi connectivity index (χ2n) is 5.01. The zero-order valence-corrected chi connectivity index (χ0v) is 15.9. The van der Waals surface area contributed by atoms with Crippen LogP contribution in [0, 0.1) is 0 Å². The van der Waals surface area contributed by atoms with Crippen LogP contribution in [0.5, 0.6) is 0 Å². The fourth-order valence-corrected chi connectivity index (χ4v) is 1.43. The molecule has 6 heteroatoms. The van der Waals surface area contributed by atoms with E-state index >= 15 is 0 Å². The molecule has 1 rings (SSSR count). The van der Waals surface area contributed by atoms with Gasteiger partial charge >= 0.3 is 17.9 Å². The second kappa shape index (κ2) is 17.7. The summed E-state index contributed by atoms with van der Waals surface area (Å²) in [6.45, 7) is 11.0. The number of aliphatic carboxylic acids is 2. The van der Waals surface area contributed by atoms with E-state index in [1.165, 1.54) is 11.6 Å². The molecule has 0 amide bonds. The predicted octanol–water partition coefficient (Wildman–Crippen LogP) is 4.34. The Labute approximate surface area is 160 Å². The van der Waals surface area contributed by atoms with Gasteiger partial charge in [-0.1, -0.05) is 69.8 Å². The maximum Gasteiger partial charge on any atom is 0.331 e. The smallest absolute Gasteiger partial charge is 0.331 e. The number of hydrogen-bond acceptors (Lipinski definition) is 4. The first kappa shape index (κ1) is 26.1. The Balaban J connectivity index is 0. The predicted molar refractivity (Wildman–Crippen MR) is 106 cm³/mol. The average molecular weight is 376 g/mol. The van der Waals surface area contributed by atoms with Crippen LogP contribution in [0.2, 0.25) is 0 Å². The molecule has 0 bridgehead atoms. The third kappa shape index (κ3) is 17.5. The molecule has 2 N–H and O–H groups in total. The van der Waals surface area contributed by atoms with E-state index in [2.05, 4.69) is 17.9 Å². The zero-order chi connectivity index (χ0) is 21.1. The van der Waals surface area contributed by atoms with E-state index in [-0.39, 0.29) is 18.0 Å². The third-order valence-electron chi connectivity index (χ3n) is 2.90. The summed E-state index contributed by atoms with van der Waals surface area (Å²) in [5.41, 5.74) is 1.08. The number of rotatable bonds is 8. The molecule has 0 aromatic heterocycles. The van der Waals surface area contributed by atoms with Gasteiger partial charge in [0.05, 0.1) is 6.61 Å². The monoisotopic (exact) mass is 376 g/mol. The van der Waals surface area contributed by atoms with Crippen molar-refractivity contribution in [2.75, 3.05) is 6.61 Å². The Morgan fingerprint density at radius 2 is 1.67 bits per heavy atom. The summed E-state index contributed by atoms with van der Waals surface area (Å²) in [6.07, 6.45) is 5.91. The van der Waals surface area contributed by atoms with Gasteiger partial charge in [0, 0.05) is 17.7 Å². The fourth-order valence-electron chi connectivity index (χ4n) is 1.43. The molecule has 1 aromatic carbocycles. The van der Waals surface area contributed by atoms with Crippen molar-refractivity contribution < 1.29 is 29.3 Å². The van der Waals surface area contributed by atoms with Gasteiger partial charge in [-0.3, -0.25) is 0 Å². The normalized spacial score (nSPS) is 9.48. The summed E-state index contributed by atoms with van der Waals surface area (Å²) in [5, 5.41) is 16.4. The minimum atomic E-state index is -1.22. The molecule has 0 heterocycles. The fraction of sp³-hybridized carbons (Fsp3) is 0.286. The van der Waals surface area contributed by atoms with Gasteiger partial charge in [0.2, 0.25) is 0 Å². The van der Waals surface area contributed by atoms with Crippen LogP contribution < -0.4 is 0 Å². The largest absolute Gasteiger partial charge is 0.478 e. The zero-order valence-electron chi connectivity index (χ0n) is 15.9. The molecule has 6 nitrogen and oxygen atoms in total. The van der Waals surface area contributed by atoms with Crippen molar-refractivity contribution in [3.8, 4) is 0 Å². The van der Waals surface area contributed by atoms with Crippen LogP contribution in [0.3, 0.4) is 0 Å². The number of hydrogen-bond donors (Lipinski definition) is 2. The van der Waals surface area contributed by atoms with Gasteiger partial charge in [-0.15, -0.1) is 0 Å². The van der Waals surface area contributed by atoms with Gasteiger partial charge in [0.1, 0.15) is 0 Å². The molecular weight excluding hydrogens is 348 g/mol. The first-order valence-electron chi connectivity index (χ1n) is 8.45. The summed E-state index contributed by atoms with van der Waals surface area (Å²) in [5.74, 6) is -2.73. The van der Waals surface area contributed by atoms with Crippen molar-refractivity contribution in [2.24, 2.45) is 0 Å². The molecule has 0 atom stereocenters. The number of unbranched alkanes of at least 4 members (excludes halogenated alkanes) is 1. The highest BCUT2D eigenvalue weighted by molar-refractivity contribution is 5.94. The Morgan fingerprint density at radius 1 is 1.07 bits per heavy atom. The first-order chi connectivity index (χ1) is 12.8. The molecule has 0 saturated heterocycles. The summed E-state index contributed by atoms with van der Waals surface area (Å²) in [7, 11) is 0. The number of benzene rings is 1. The molecule has 0 saturated carbocycles. The molecule has 0 aliphatic rings. The number of carbonyl (C=O) groups excluding carboxylic acids is 1. The lowest BCUT2D eigenvalue weighted by Gasteiger charge is -1.97. The van der Waals surface area contributed by atoms with Gasteiger partial charge in [-0.05, 0) is 18.4 Å². The molecule has 148 valence electrons. The van der Waals surface area contributed by atoms with Gasteiger partial charge in [0.25, 0.3) is 0 Å². The van der Waals surface area contributed by atoms with Crippen molar-refractivity contribution in [1.82, 2.24) is 0 Å². The number of ether oxygens (including phenoxy) is 1. The summed E-state index contributed by atoms with van der Waals surface area (Å²) in [6, 6.07) is 10.0. The molecular formula is C21H28O6. The summed E-state index contributed by atoms with van der Waals surface area (Å²) < 4.78 is 4.67. The molecule has 27 heavy (non-hydrogen) atoms. The Hall–Kier alpha value is -3.15. The maximum atomic E-state index is 10.3. The van der Waals surface area contributed by atoms with Crippen LogP contribution in [0.4, 0.5) is 0 Å². The van der Waals surface area contributed by atoms with Crippen molar-refractivity contribution in [3.63, 3.8) is 0 Å². The van der Waals surface area contributed by atoms with Crippen LogP contribution in [0.15, 0.2) is 61.2 Å². The van der Waals surface area contributed by atoms with Crippen molar-refractivity contribution in [1.29, 1.82) is 0 Å². The molecule has 0 fully saturated rings. The highest BCUT2D eigenvalue weighted by atomic mass is 16.5. The van der Waals surface area contributed by atoms with Crippen LogP contribution in [0.1, 0.15) is 38.7 Å².